The summed E-state index contributed by atoms with van der Waals surface area (Å²) in [4.78, 5) is 26.8. The third kappa shape index (κ3) is 4.09. The number of hydrogen-bond donors (Lipinski definition) is 3. The number of aliphatic hydroxyl groups is 2. The molecule has 27 heavy (non-hydrogen) atoms. The summed E-state index contributed by atoms with van der Waals surface area (Å²) in [6, 6.07) is 7.62. The monoisotopic (exact) mass is 412 g/mol. The number of nitrogen functional groups attached to an aromatic ring is 1. The molecule has 1 fully saturated rings. The maximum absolute atomic E-state index is 12.1. The Bertz CT molecular complexity index is 895. The van der Waals surface area contributed by atoms with Crippen LogP contribution in [0.4, 0.5) is 11.5 Å². The van der Waals surface area contributed by atoms with Crippen LogP contribution in [0.2, 0.25) is 0 Å². The second-order valence-electron chi connectivity index (χ2n) is 5.65. The van der Waals surface area contributed by atoms with Crippen molar-refractivity contribution in [1.29, 1.82) is 0 Å². The molecule has 1 aromatic carbocycles. The zero-order chi connectivity index (χ0) is 19.6. The van der Waals surface area contributed by atoms with Gasteiger partial charge in [0.15, 0.2) is 6.23 Å². The Hall–Kier alpha value is -2.12. The van der Waals surface area contributed by atoms with Gasteiger partial charge in [0.05, 0.1) is 27.8 Å². The summed E-state index contributed by atoms with van der Waals surface area (Å²) >= 11 is 0. The minimum absolute atomic E-state index is 0.0481. The van der Waals surface area contributed by atoms with E-state index in [0.717, 1.165) is 21.6 Å². The minimum atomic E-state index is -1.09. The standard InChI is InChI=1S/C15H16N4O6S2/c16-11-5-6-18(15(22)17-11)14-13(12(21)9(7-20)25-14)27-26-10-4-2-1-3-8(10)19(23)24/h1-6,9,12-14,20-21H,7H2,(H2,16,17,22)/t9-,12-,13-,14-/m1/s1. The van der Waals surface area contributed by atoms with Gasteiger partial charge in [0, 0.05) is 12.3 Å². The van der Waals surface area contributed by atoms with Gasteiger partial charge in [-0.3, -0.25) is 14.7 Å². The van der Waals surface area contributed by atoms with Crippen LogP contribution in [0, 0.1) is 10.1 Å². The van der Waals surface area contributed by atoms with Crippen LogP contribution in [-0.4, -0.2) is 48.8 Å². The first-order valence-corrected chi connectivity index (χ1v) is 9.99. The third-order valence-electron chi connectivity index (χ3n) is 3.93. The van der Waals surface area contributed by atoms with E-state index in [9.17, 15) is 25.1 Å². The van der Waals surface area contributed by atoms with E-state index in [2.05, 4.69) is 4.98 Å². The first-order chi connectivity index (χ1) is 12.9. The molecule has 0 unspecified atom stereocenters. The summed E-state index contributed by atoms with van der Waals surface area (Å²) in [6.07, 6.45) is -1.52. The average Bonchev–Trinajstić information content (AvgIpc) is 2.95. The SMILES string of the molecule is Nc1ccn([C@@H]2O[C@H](CO)[C@@H](O)[C@H]2SSc2ccccc2[N+](=O)[O-])c(=O)n1. The lowest BCUT2D eigenvalue weighted by Gasteiger charge is -2.20. The lowest BCUT2D eigenvalue weighted by molar-refractivity contribution is -0.387. The molecule has 1 saturated heterocycles. The predicted molar refractivity (Wildman–Crippen MR) is 100 cm³/mol. The molecule has 2 heterocycles. The Labute approximate surface area is 160 Å². The van der Waals surface area contributed by atoms with E-state index in [-0.39, 0.29) is 11.5 Å². The summed E-state index contributed by atoms with van der Waals surface area (Å²) in [5.74, 6) is 0.0481. The van der Waals surface area contributed by atoms with E-state index in [0.29, 0.717) is 4.90 Å². The molecule has 1 aliphatic rings. The summed E-state index contributed by atoms with van der Waals surface area (Å²) in [5, 5.41) is 30.4. The third-order valence-corrected chi connectivity index (χ3v) is 6.78. The van der Waals surface area contributed by atoms with E-state index in [4.69, 9.17) is 10.5 Å². The minimum Gasteiger partial charge on any atom is -0.394 e. The van der Waals surface area contributed by atoms with Crippen molar-refractivity contribution in [3.63, 3.8) is 0 Å². The lowest BCUT2D eigenvalue weighted by atomic mass is 10.2. The number of benzene rings is 1. The van der Waals surface area contributed by atoms with Gasteiger partial charge in [0.25, 0.3) is 5.69 Å². The highest BCUT2D eigenvalue weighted by Gasteiger charge is 2.45. The number of nitrogens with two attached hydrogens (primary N) is 1. The van der Waals surface area contributed by atoms with Gasteiger partial charge in [-0.2, -0.15) is 4.98 Å². The first kappa shape index (κ1) is 19.6. The van der Waals surface area contributed by atoms with Crippen molar-refractivity contribution in [3.05, 3.63) is 57.1 Å². The molecule has 3 rings (SSSR count). The number of ether oxygens (including phenoxy) is 1. The fourth-order valence-electron chi connectivity index (χ4n) is 2.60. The Balaban J connectivity index is 1.87. The maximum Gasteiger partial charge on any atom is 0.351 e. The molecule has 0 bridgehead atoms. The van der Waals surface area contributed by atoms with E-state index < -0.39 is 40.9 Å². The van der Waals surface area contributed by atoms with Crippen molar-refractivity contribution >= 4 is 33.1 Å². The molecule has 0 radical (unpaired) electrons. The van der Waals surface area contributed by atoms with Gasteiger partial charge in [0.1, 0.15) is 11.9 Å². The van der Waals surface area contributed by atoms with E-state index in [1.165, 1.54) is 22.9 Å². The lowest BCUT2D eigenvalue weighted by Crippen LogP contribution is -2.34. The molecule has 144 valence electrons. The van der Waals surface area contributed by atoms with Crippen LogP contribution in [0.3, 0.4) is 0 Å². The normalized spacial score (nSPS) is 24.8. The molecule has 0 saturated carbocycles. The number of hydrogen-bond acceptors (Lipinski definition) is 10. The summed E-state index contributed by atoms with van der Waals surface area (Å²) in [6.45, 7) is -0.442. The maximum atomic E-state index is 12.1. The highest BCUT2D eigenvalue weighted by Crippen LogP contribution is 2.47. The van der Waals surface area contributed by atoms with E-state index >= 15 is 0 Å². The number of aromatic nitrogens is 2. The smallest absolute Gasteiger partial charge is 0.351 e. The fraction of sp³-hybridized carbons (Fsp3) is 0.333. The van der Waals surface area contributed by atoms with Crippen molar-refractivity contribution < 1.29 is 19.9 Å². The molecule has 0 aliphatic carbocycles. The zero-order valence-electron chi connectivity index (χ0n) is 13.7. The molecular formula is C15H16N4O6S2. The van der Waals surface area contributed by atoms with Crippen LogP contribution >= 0.6 is 21.6 Å². The average molecular weight is 412 g/mol. The van der Waals surface area contributed by atoms with Gasteiger partial charge >= 0.3 is 5.69 Å². The highest BCUT2D eigenvalue weighted by atomic mass is 33.1. The van der Waals surface area contributed by atoms with Crippen molar-refractivity contribution in [2.75, 3.05) is 12.3 Å². The van der Waals surface area contributed by atoms with Gasteiger partial charge in [-0.1, -0.05) is 22.9 Å². The van der Waals surface area contributed by atoms with E-state index in [1.807, 2.05) is 0 Å². The fourth-order valence-corrected chi connectivity index (χ4v) is 5.45. The quantitative estimate of drug-likeness (QED) is 0.352. The molecular weight excluding hydrogens is 396 g/mol. The molecule has 2 aromatic rings. The van der Waals surface area contributed by atoms with Crippen LogP contribution < -0.4 is 11.4 Å². The van der Waals surface area contributed by atoms with Crippen LogP contribution in [0.15, 0.2) is 46.2 Å². The van der Waals surface area contributed by atoms with Gasteiger partial charge in [0.2, 0.25) is 0 Å². The predicted octanol–water partition coefficient (Wildman–Crippen LogP) is 0.793. The molecule has 4 atom stereocenters. The van der Waals surface area contributed by atoms with Crippen molar-refractivity contribution in [3.8, 4) is 0 Å². The Kier molecular flexibility index (Phi) is 6.01. The largest absolute Gasteiger partial charge is 0.394 e. The number of anilines is 1. The number of nitro groups is 1. The summed E-state index contributed by atoms with van der Waals surface area (Å²) < 4.78 is 6.80. The molecule has 12 heteroatoms. The van der Waals surface area contributed by atoms with Gasteiger partial charge in [-0.15, -0.1) is 0 Å². The van der Waals surface area contributed by atoms with E-state index in [1.54, 1.807) is 18.2 Å². The van der Waals surface area contributed by atoms with Crippen LogP contribution in [-0.2, 0) is 4.74 Å². The molecule has 1 aromatic heterocycles. The van der Waals surface area contributed by atoms with Crippen molar-refractivity contribution in [1.82, 2.24) is 9.55 Å². The van der Waals surface area contributed by atoms with Crippen LogP contribution in [0.25, 0.3) is 0 Å². The number of rotatable bonds is 6. The molecule has 0 spiro atoms. The summed E-state index contributed by atoms with van der Waals surface area (Å²) in [7, 11) is 2.21. The van der Waals surface area contributed by atoms with Gasteiger partial charge in [-0.05, 0) is 22.9 Å². The second-order valence-corrected chi connectivity index (χ2v) is 8.07. The number of aliphatic hydroxyl groups excluding tert-OH is 2. The Morgan fingerprint density at radius 2 is 2.11 bits per heavy atom. The summed E-state index contributed by atoms with van der Waals surface area (Å²) in [5.41, 5.74) is 4.77. The van der Waals surface area contributed by atoms with Gasteiger partial charge in [-0.25, -0.2) is 4.79 Å². The highest BCUT2D eigenvalue weighted by molar-refractivity contribution is 8.77. The number of nitrogens with zero attached hydrogens (tertiary/aromatic N) is 3. The second kappa shape index (κ2) is 8.27. The Morgan fingerprint density at radius 1 is 1.37 bits per heavy atom. The van der Waals surface area contributed by atoms with Crippen LogP contribution in [0.1, 0.15) is 6.23 Å². The van der Waals surface area contributed by atoms with Crippen molar-refractivity contribution in [2.45, 2.75) is 28.6 Å². The first-order valence-electron chi connectivity index (χ1n) is 7.78. The Morgan fingerprint density at radius 3 is 2.78 bits per heavy atom. The molecule has 10 nitrogen and oxygen atoms in total. The molecule has 1 aliphatic heterocycles. The topological polar surface area (TPSA) is 154 Å². The van der Waals surface area contributed by atoms with Crippen molar-refractivity contribution in [2.24, 2.45) is 0 Å². The number of para-hydroxylation sites is 1. The molecule has 4 N–H and O–H groups in total. The molecule has 0 amide bonds. The van der Waals surface area contributed by atoms with Gasteiger partial charge < -0.3 is 20.7 Å². The van der Waals surface area contributed by atoms with Crippen LogP contribution in [0.5, 0.6) is 0 Å². The zero-order valence-corrected chi connectivity index (χ0v) is 15.4. The number of nitro benzene ring substituents is 1.